The van der Waals surface area contributed by atoms with Gasteiger partial charge in [-0.2, -0.15) is 0 Å². The van der Waals surface area contributed by atoms with Crippen LogP contribution in [0.3, 0.4) is 0 Å². The lowest BCUT2D eigenvalue weighted by Gasteiger charge is -2.03. The average Bonchev–Trinajstić information content (AvgIpc) is 2.28. The lowest BCUT2D eigenvalue weighted by molar-refractivity contribution is 0.182. The van der Waals surface area contributed by atoms with Gasteiger partial charge in [0, 0.05) is 11.4 Å². The van der Waals surface area contributed by atoms with Crippen LogP contribution in [0.4, 0.5) is 0 Å². The highest BCUT2D eigenvalue weighted by Crippen LogP contribution is 2.21. The summed E-state index contributed by atoms with van der Waals surface area (Å²) in [5, 5.41) is 10.3. The van der Waals surface area contributed by atoms with E-state index in [0.29, 0.717) is 0 Å². The Morgan fingerprint density at radius 3 is 2.64 bits per heavy atom. The highest BCUT2D eigenvalue weighted by Gasteiger charge is 2.12. The van der Waals surface area contributed by atoms with Gasteiger partial charge in [0.1, 0.15) is 6.10 Å². The van der Waals surface area contributed by atoms with Crippen molar-refractivity contribution in [3.63, 3.8) is 0 Å². The second-order valence-electron chi connectivity index (χ2n) is 2.43. The molecule has 0 amide bonds. The number of rotatable bonds is 2. The molecule has 0 saturated carbocycles. The molecule has 0 bridgehead atoms. The van der Waals surface area contributed by atoms with Gasteiger partial charge in [-0.1, -0.05) is 0 Å². The van der Waals surface area contributed by atoms with Crippen LogP contribution in [0.5, 0.6) is 0 Å². The van der Waals surface area contributed by atoms with E-state index in [0.717, 1.165) is 15.6 Å². The number of hydrogen-bond donors (Lipinski definition) is 2. The molecule has 11 heavy (non-hydrogen) atoms. The Morgan fingerprint density at radius 2 is 2.27 bits per heavy atom. The van der Waals surface area contributed by atoms with Gasteiger partial charge in [-0.15, -0.1) is 11.3 Å². The van der Waals surface area contributed by atoms with Gasteiger partial charge in [0.2, 0.25) is 0 Å². The second-order valence-corrected chi connectivity index (χ2v) is 3.83. The first-order valence-corrected chi connectivity index (χ1v) is 4.29. The average molecular weight is 172 g/mol. The zero-order valence-corrected chi connectivity index (χ0v) is 7.48. The lowest BCUT2D eigenvalue weighted by atomic mass is 10.2. The van der Waals surface area contributed by atoms with Crippen molar-refractivity contribution in [1.29, 1.82) is 0 Å². The van der Waals surface area contributed by atoms with Crippen LogP contribution >= 0.6 is 11.3 Å². The Morgan fingerprint density at radius 1 is 1.64 bits per heavy atom. The van der Waals surface area contributed by atoms with Crippen molar-refractivity contribution in [1.82, 2.24) is 4.98 Å². The summed E-state index contributed by atoms with van der Waals surface area (Å²) in [7, 11) is 0. The quantitative estimate of drug-likeness (QED) is 0.692. The molecule has 62 valence electrons. The third-order valence-corrected chi connectivity index (χ3v) is 2.38. The predicted molar refractivity (Wildman–Crippen MR) is 45.6 cm³/mol. The molecule has 1 atom stereocenters. The molecule has 3 nitrogen and oxygen atoms in total. The third kappa shape index (κ3) is 1.77. The minimum atomic E-state index is -0.597. The fourth-order valence-corrected chi connectivity index (χ4v) is 1.84. The van der Waals surface area contributed by atoms with E-state index in [-0.39, 0.29) is 6.54 Å². The Hall–Kier alpha value is -0.450. The van der Waals surface area contributed by atoms with Gasteiger partial charge in [-0.25, -0.2) is 4.98 Å². The van der Waals surface area contributed by atoms with Crippen molar-refractivity contribution in [2.75, 3.05) is 6.54 Å². The Labute approximate surface area is 69.9 Å². The van der Waals surface area contributed by atoms with E-state index in [1.54, 1.807) is 11.3 Å². The summed E-state index contributed by atoms with van der Waals surface area (Å²) in [6, 6.07) is 0. The first kappa shape index (κ1) is 8.64. The van der Waals surface area contributed by atoms with Crippen LogP contribution < -0.4 is 5.73 Å². The zero-order valence-electron chi connectivity index (χ0n) is 6.66. The number of thiazole rings is 1. The number of aliphatic hydroxyl groups excluding tert-OH is 1. The molecule has 0 aliphatic rings. The van der Waals surface area contributed by atoms with Crippen molar-refractivity contribution in [2.45, 2.75) is 20.0 Å². The molecule has 0 radical (unpaired) electrons. The van der Waals surface area contributed by atoms with Crippen molar-refractivity contribution < 1.29 is 5.11 Å². The molecular formula is C7H12N2OS. The highest BCUT2D eigenvalue weighted by atomic mass is 32.1. The van der Waals surface area contributed by atoms with Crippen LogP contribution in [0.25, 0.3) is 0 Å². The topological polar surface area (TPSA) is 59.1 Å². The first-order valence-electron chi connectivity index (χ1n) is 3.47. The van der Waals surface area contributed by atoms with E-state index in [4.69, 9.17) is 5.73 Å². The molecule has 3 N–H and O–H groups in total. The second kappa shape index (κ2) is 3.30. The minimum Gasteiger partial charge on any atom is -0.385 e. The van der Waals surface area contributed by atoms with E-state index < -0.39 is 6.10 Å². The maximum Gasteiger partial charge on any atom is 0.109 e. The molecule has 0 aliphatic carbocycles. The summed E-state index contributed by atoms with van der Waals surface area (Å²) < 4.78 is 0. The van der Waals surface area contributed by atoms with Gasteiger partial charge in [0.15, 0.2) is 0 Å². The van der Waals surface area contributed by atoms with E-state index in [2.05, 4.69) is 4.98 Å². The van der Waals surface area contributed by atoms with Gasteiger partial charge < -0.3 is 10.8 Å². The number of hydrogen-bond acceptors (Lipinski definition) is 4. The fraction of sp³-hybridized carbons (Fsp3) is 0.571. The third-order valence-electron chi connectivity index (χ3n) is 1.48. The van der Waals surface area contributed by atoms with Crippen molar-refractivity contribution in [3.8, 4) is 0 Å². The van der Waals surface area contributed by atoms with Gasteiger partial charge in [0.25, 0.3) is 0 Å². The fourth-order valence-electron chi connectivity index (χ4n) is 0.966. The standard InChI is InChI=1S/C7H12N2OS/c1-4-7(6(10)3-8)9-5(2)11-4/h6,10H,3,8H2,1-2H3. The van der Waals surface area contributed by atoms with Gasteiger partial charge in [0.05, 0.1) is 10.7 Å². The summed E-state index contributed by atoms with van der Waals surface area (Å²) in [5.41, 5.74) is 6.03. The predicted octanol–water partition coefficient (Wildman–Crippen LogP) is 0.752. The van der Waals surface area contributed by atoms with Crippen LogP contribution in [0.2, 0.25) is 0 Å². The molecule has 0 aromatic carbocycles. The molecular weight excluding hydrogens is 160 g/mol. The Kier molecular flexibility index (Phi) is 2.59. The molecule has 1 aromatic heterocycles. The number of aryl methyl sites for hydroxylation is 2. The van der Waals surface area contributed by atoms with Gasteiger partial charge in [-0.05, 0) is 13.8 Å². The van der Waals surface area contributed by atoms with E-state index in [1.807, 2.05) is 13.8 Å². The summed E-state index contributed by atoms with van der Waals surface area (Å²) in [6.45, 7) is 4.10. The van der Waals surface area contributed by atoms with Gasteiger partial charge >= 0.3 is 0 Å². The smallest absolute Gasteiger partial charge is 0.109 e. The van der Waals surface area contributed by atoms with Crippen LogP contribution in [0.15, 0.2) is 0 Å². The first-order chi connectivity index (χ1) is 5.15. The molecule has 4 heteroatoms. The maximum absolute atomic E-state index is 9.34. The zero-order chi connectivity index (χ0) is 8.43. The lowest BCUT2D eigenvalue weighted by Crippen LogP contribution is -2.12. The molecule has 1 heterocycles. The molecule has 0 fully saturated rings. The van der Waals surface area contributed by atoms with Gasteiger partial charge in [-0.3, -0.25) is 0 Å². The van der Waals surface area contributed by atoms with E-state index in [1.165, 1.54) is 0 Å². The minimum absolute atomic E-state index is 0.240. The van der Waals surface area contributed by atoms with Crippen LogP contribution in [-0.4, -0.2) is 16.6 Å². The Balaban J connectivity index is 2.93. The summed E-state index contributed by atoms with van der Waals surface area (Å²) >= 11 is 1.59. The number of aliphatic hydroxyl groups is 1. The summed E-state index contributed by atoms with van der Waals surface area (Å²) in [6.07, 6.45) is -0.597. The van der Waals surface area contributed by atoms with Crippen molar-refractivity contribution >= 4 is 11.3 Å². The SMILES string of the molecule is Cc1nc(C(O)CN)c(C)s1. The number of nitrogens with two attached hydrogens (primary N) is 1. The monoisotopic (exact) mass is 172 g/mol. The van der Waals surface area contributed by atoms with Crippen LogP contribution in [-0.2, 0) is 0 Å². The largest absolute Gasteiger partial charge is 0.385 e. The highest BCUT2D eigenvalue weighted by molar-refractivity contribution is 7.11. The maximum atomic E-state index is 9.34. The normalized spacial score (nSPS) is 13.5. The summed E-state index contributed by atoms with van der Waals surface area (Å²) in [4.78, 5) is 5.23. The number of aromatic nitrogens is 1. The molecule has 0 spiro atoms. The van der Waals surface area contributed by atoms with E-state index >= 15 is 0 Å². The van der Waals surface area contributed by atoms with Crippen LogP contribution in [0.1, 0.15) is 21.7 Å². The molecule has 1 rings (SSSR count). The van der Waals surface area contributed by atoms with Crippen molar-refractivity contribution in [3.05, 3.63) is 15.6 Å². The molecule has 0 aliphatic heterocycles. The molecule has 1 unspecified atom stereocenters. The molecule has 1 aromatic rings. The number of nitrogens with zero attached hydrogens (tertiary/aromatic N) is 1. The summed E-state index contributed by atoms with van der Waals surface area (Å²) in [5.74, 6) is 0. The molecule has 0 saturated heterocycles. The van der Waals surface area contributed by atoms with Crippen LogP contribution in [0, 0.1) is 13.8 Å². The Bertz CT molecular complexity index is 247. The van der Waals surface area contributed by atoms with E-state index in [9.17, 15) is 5.11 Å². The van der Waals surface area contributed by atoms with Crippen molar-refractivity contribution in [2.24, 2.45) is 5.73 Å².